The number of halogens is 1. The standard InChI is InChI=1S/C21H19ClN2O3/c1-15-11-19(8-9-20(15)22)27-14-21(25)24-16-6-4-7-18(12-16)26-13-17-5-2-3-10-23-17/h2-12H,13-14H2,1H3,(H,24,25). The van der Waals surface area contributed by atoms with Crippen LogP contribution in [-0.2, 0) is 11.4 Å². The molecule has 6 heteroatoms. The fourth-order valence-electron chi connectivity index (χ4n) is 2.36. The molecule has 2 aromatic carbocycles. The van der Waals surface area contributed by atoms with Crippen LogP contribution in [-0.4, -0.2) is 17.5 Å². The van der Waals surface area contributed by atoms with Gasteiger partial charge in [-0.2, -0.15) is 0 Å². The van der Waals surface area contributed by atoms with E-state index in [1.165, 1.54) is 0 Å². The van der Waals surface area contributed by atoms with Crippen LogP contribution in [0, 0.1) is 6.92 Å². The first kappa shape index (κ1) is 18.7. The summed E-state index contributed by atoms with van der Waals surface area (Å²) in [6.07, 6.45) is 1.72. The Hall–Kier alpha value is -3.05. The first-order valence-electron chi connectivity index (χ1n) is 8.42. The van der Waals surface area contributed by atoms with Crippen LogP contribution in [0.3, 0.4) is 0 Å². The zero-order chi connectivity index (χ0) is 19.1. The zero-order valence-corrected chi connectivity index (χ0v) is 15.6. The lowest BCUT2D eigenvalue weighted by molar-refractivity contribution is -0.118. The number of aromatic nitrogens is 1. The smallest absolute Gasteiger partial charge is 0.262 e. The van der Waals surface area contributed by atoms with Gasteiger partial charge in [-0.3, -0.25) is 9.78 Å². The molecule has 0 radical (unpaired) electrons. The van der Waals surface area contributed by atoms with Gasteiger partial charge in [0, 0.05) is 23.0 Å². The minimum absolute atomic E-state index is 0.0971. The molecule has 1 aromatic heterocycles. The van der Waals surface area contributed by atoms with E-state index >= 15 is 0 Å². The van der Waals surface area contributed by atoms with Crippen molar-refractivity contribution < 1.29 is 14.3 Å². The Bertz CT molecular complexity index is 916. The lowest BCUT2D eigenvalue weighted by Gasteiger charge is -2.10. The Morgan fingerprint density at radius 2 is 1.89 bits per heavy atom. The van der Waals surface area contributed by atoms with Crippen LogP contribution in [0.15, 0.2) is 66.9 Å². The maximum Gasteiger partial charge on any atom is 0.262 e. The van der Waals surface area contributed by atoms with E-state index in [1.54, 1.807) is 36.5 Å². The predicted octanol–water partition coefficient (Wildman–Crippen LogP) is 4.64. The number of amides is 1. The molecule has 0 saturated carbocycles. The number of carbonyl (C=O) groups excluding carboxylic acids is 1. The Morgan fingerprint density at radius 3 is 2.67 bits per heavy atom. The van der Waals surface area contributed by atoms with Crippen LogP contribution in [0.4, 0.5) is 5.69 Å². The number of aryl methyl sites for hydroxylation is 1. The Morgan fingerprint density at radius 1 is 1.04 bits per heavy atom. The molecular formula is C21H19ClN2O3. The topological polar surface area (TPSA) is 60.5 Å². The highest BCUT2D eigenvalue weighted by atomic mass is 35.5. The number of benzene rings is 2. The van der Waals surface area contributed by atoms with Crippen molar-refractivity contribution in [3.8, 4) is 11.5 Å². The highest BCUT2D eigenvalue weighted by Crippen LogP contribution is 2.21. The number of anilines is 1. The SMILES string of the molecule is Cc1cc(OCC(=O)Nc2cccc(OCc3ccccn3)c2)ccc1Cl. The van der Waals surface area contributed by atoms with Crippen molar-refractivity contribution in [2.75, 3.05) is 11.9 Å². The first-order chi connectivity index (χ1) is 13.1. The summed E-state index contributed by atoms with van der Waals surface area (Å²) < 4.78 is 11.2. The van der Waals surface area contributed by atoms with E-state index in [4.69, 9.17) is 21.1 Å². The normalized spacial score (nSPS) is 10.3. The summed E-state index contributed by atoms with van der Waals surface area (Å²) in [6.45, 7) is 2.14. The van der Waals surface area contributed by atoms with Crippen molar-refractivity contribution in [3.05, 3.63) is 83.1 Å². The van der Waals surface area contributed by atoms with E-state index in [0.29, 0.717) is 28.8 Å². The van der Waals surface area contributed by atoms with E-state index in [2.05, 4.69) is 10.3 Å². The number of ether oxygens (including phenoxy) is 2. The van der Waals surface area contributed by atoms with Gasteiger partial charge in [-0.25, -0.2) is 0 Å². The molecule has 0 spiro atoms. The first-order valence-corrected chi connectivity index (χ1v) is 8.79. The molecule has 0 bridgehead atoms. The maximum atomic E-state index is 12.1. The molecule has 0 aliphatic heterocycles. The Labute approximate surface area is 162 Å². The van der Waals surface area contributed by atoms with Crippen LogP contribution in [0.25, 0.3) is 0 Å². The number of nitrogens with one attached hydrogen (secondary N) is 1. The Kier molecular flexibility index (Phi) is 6.28. The number of hydrogen-bond donors (Lipinski definition) is 1. The molecule has 5 nitrogen and oxygen atoms in total. The quantitative estimate of drug-likeness (QED) is 0.646. The number of hydrogen-bond acceptors (Lipinski definition) is 4. The summed E-state index contributed by atoms with van der Waals surface area (Å²) in [5, 5.41) is 3.45. The van der Waals surface area contributed by atoms with Gasteiger partial charge in [0.25, 0.3) is 5.91 Å². The maximum absolute atomic E-state index is 12.1. The van der Waals surface area contributed by atoms with Crippen molar-refractivity contribution in [2.45, 2.75) is 13.5 Å². The largest absolute Gasteiger partial charge is 0.487 e. The highest BCUT2D eigenvalue weighted by molar-refractivity contribution is 6.31. The third-order valence-corrected chi connectivity index (χ3v) is 4.15. The molecule has 27 heavy (non-hydrogen) atoms. The molecule has 0 aliphatic carbocycles. The number of nitrogens with zero attached hydrogens (tertiary/aromatic N) is 1. The minimum Gasteiger partial charge on any atom is -0.487 e. The van der Waals surface area contributed by atoms with Crippen LogP contribution in [0.5, 0.6) is 11.5 Å². The van der Waals surface area contributed by atoms with Crippen molar-refractivity contribution in [1.82, 2.24) is 4.98 Å². The van der Waals surface area contributed by atoms with Crippen molar-refractivity contribution >= 4 is 23.2 Å². The molecule has 0 saturated heterocycles. The summed E-state index contributed by atoms with van der Waals surface area (Å²) >= 11 is 5.98. The molecule has 0 unspecified atom stereocenters. The van der Waals surface area contributed by atoms with E-state index < -0.39 is 0 Å². The molecule has 138 valence electrons. The Balaban J connectivity index is 1.52. The second kappa shape index (κ2) is 9.05. The zero-order valence-electron chi connectivity index (χ0n) is 14.8. The van der Waals surface area contributed by atoms with Crippen LogP contribution in [0.2, 0.25) is 5.02 Å². The van der Waals surface area contributed by atoms with E-state index in [0.717, 1.165) is 11.3 Å². The van der Waals surface area contributed by atoms with E-state index in [-0.39, 0.29) is 12.5 Å². The van der Waals surface area contributed by atoms with Crippen molar-refractivity contribution in [3.63, 3.8) is 0 Å². The van der Waals surface area contributed by atoms with Gasteiger partial charge in [-0.1, -0.05) is 23.7 Å². The van der Waals surface area contributed by atoms with Crippen LogP contribution in [0.1, 0.15) is 11.3 Å². The molecular weight excluding hydrogens is 364 g/mol. The third-order valence-electron chi connectivity index (χ3n) is 3.73. The van der Waals surface area contributed by atoms with Gasteiger partial charge in [0.2, 0.25) is 0 Å². The predicted molar refractivity (Wildman–Crippen MR) is 105 cm³/mol. The number of rotatable bonds is 7. The van der Waals surface area contributed by atoms with Crippen molar-refractivity contribution in [2.24, 2.45) is 0 Å². The highest BCUT2D eigenvalue weighted by Gasteiger charge is 2.06. The minimum atomic E-state index is -0.260. The van der Waals surface area contributed by atoms with Gasteiger partial charge in [-0.15, -0.1) is 0 Å². The second-order valence-electron chi connectivity index (χ2n) is 5.89. The average Bonchev–Trinajstić information content (AvgIpc) is 2.68. The lowest BCUT2D eigenvalue weighted by atomic mass is 10.2. The van der Waals surface area contributed by atoms with Gasteiger partial charge in [0.1, 0.15) is 18.1 Å². The lowest BCUT2D eigenvalue weighted by Crippen LogP contribution is -2.20. The fraction of sp³-hybridized carbons (Fsp3) is 0.143. The monoisotopic (exact) mass is 382 g/mol. The molecule has 0 aliphatic rings. The van der Waals surface area contributed by atoms with Gasteiger partial charge in [0.05, 0.1) is 5.69 Å². The third kappa shape index (κ3) is 5.72. The van der Waals surface area contributed by atoms with Crippen LogP contribution < -0.4 is 14.8 Å². The molecule has 3 rings (SSSR count). The molecule has 1 N–H and O–H groups in total. The summed E-state index contributed by atoms with van der Waals surface area (Å²) in [7, 11) is 0. The van der Waals surface area contributed by atoms with E-state index in [1.807, 2.05) is 37.3 Å². The number of pyridine rings is 1. The van der Waals surface area contributed by atoms with Crippen molar-refractivity contribution in [1.29, 1.82) is 0 Å². The van der Waals surface area contributed by atoms with Gasteiger partial charge < -0.3 is 14.8 Å². The summed E-state index contributed by atoms with van der Waals surface area (Å²) in [6, 6.07) is 18.1. The summed E-state index contributed by atoms with van der Waals surface area (Å²) in [5.74, 6) is 0.983. The molecule has 0 atom stereocenters. The summed E-state index contributed by atoms with van der Waals surface area (Å²) in [5.41, 5.74) is 2.36. The van der Waals surface area contributed by atoms with Gasteiger partial charge in [-0.05, 0) is 55.0 Å². The van der Waals surface area contributed by atoms with Gasteiger partial charge in [0.15, 0.2) is 6.61 Å². The van der Waals surface area contributed by atoms with Crippen LogP contribution >= 0.6 is 11.6 Å². The second-order valence-corrected chi connectivity index (χ2v) is 6.29. The van der Waals surface area contributed by atoms with Gasteiger partial charge >= 0.3 is 0 Å². The fourth-order valence-corrected chi connectivity index (χ4v) is 2.47. The molecule has 3 aromatic rings. The number of carbonyl (C=O) groups is 1. The van der Waals surface area contributed by atoms with E-state index in [9.17, 15) is 4.79 Å². The molecule has 0 fully saturated rings. The average molecular weight is 383 g/mol. The summed E-state index contributed by atoms with van der Waals surface area (Å²) in [4.78, 5) is 16.3. The molecule has 1 amide bonds. The molecule has 1 heterocycles.